The molecule has 0 radical (unpaired) electrons. The minimum absolute atomic E-state index is 0.0868. The van der Waals surface area contributed by atoms with Crippen LogP contribution in [-0.4, -0.2) is 18.9 Å². The standard InChI is InChI=1S/C13H19ClO2S/c1-11(2)7-12-5-3-4-6-13(12,8-11)10(14)17(15,16)9-12/h3-4,10H,5-9H2,1-2H3/t10-,12-,13-/m1/s1. The van der Waals surface area contributed by atoms with E-state index in [1.54, 1.807) is 0 Å². The number of allylic oxidation sites excluding steroid dienone is 2. The number of halogens is 1. The van der Waals surface area contributed by atoms with Gasteiger partial charge in [0.15, 0.2) is 9.84 Å². The van der Waals surface area contributed by atoms with Gasteiger partial charge in [0.1, 0.15) is 4.71 Å². The summed E-state index contributed by atoms with van der Waals surface area (Å²) in [6, 6.07) is 0. The molecular formula is C13H19ClO2S. The normalized spacial score (nSPS) is 49.9. The third-order valence-electron chi connectivity index (χ3n) is 5.05. The molecule has 0 spiro atoms. The van der Waals surface area contributed by atoms with Crippen LogP contribution in [0.15, 0.2) is 12.2 Å². The molecule has 0 amide bonds. The van der Waals surface area contributed by atoms with Crippen molar-refractivity contribution in [2.45, 2.75) is 44.2 Å². The summed E-state index contributed by atoms with van der Waals surface area (Å²) in [5.74, 6) is 0.294. The van der Waals surface area contributed by atoms with E-state index in [-0.39, 0.29) is 16.2 Å². The Morgan fingerprint density at radius 3 is 2.47 bits per heavy atom. The molecule has 2 nitrogen and oxygen atoms in total. The Balaban J connectivity index is 2.19. The van der Waals surface area contributed by atoms with Crippen LogP contribution in [0.25, 0.3) is 0 Å². The Morgan fingerprint density at radius 2 is 1.82 bits per heavy atom. The number of hydrogen-bond donors (Lipinski definition) is 0. The van der Waals surface area contributed by atoms with Gasteiger partial charge in [-0.05, 0) is 36.5 Å². The molecule has 0 bridgehead atoms. The van der Waals surface area contributed by atoms with E-state index in [0.29, 0.717) is 5.75 Å². The number of sulfone groups is 1. The highest BCUT2D eigenvalue weighted by Crippen LogP contribution is 2.72. The Hall–Kier alpha value is -0.0200. The van der Waals surface area contributed by atoms with E-state index in [1.165, 1.54) is 0 Å². The number of hydrogen-bond acceptors (Lipinski definition) is 2. The fourth-order valence-corrected chi connectivity index (χ4v) is 7.96. The van der Waals surface area contributed by atoms with Crippen LogP contribution in [0.3, 0.4) is 0 Å². The molecule has 0 N–H and O–H groups in total. The maximum atomic E-state index is 12.2. The lowest BCUT2D eigenvalue weighted by molar-refractivity contribution is 0.122. The second kappa shape index (κ2) is 3.11. The predicted molar refractivity (Wildman–Crippen MR) is 69.7 cm³/mol. The summed E-state index contributed by atoms with van der Waals surface area (Å²) < 4.78 is 23.7. The van der Waals surface area contributed by atoms with Crippen molar-refractivity contribution < 1.29 is 8.42 Å². The zero-order valence-electron chi connectivity index (χ0n) is 10.4. The molecule has 2 aliphatic carbocycles. The molecule has 1 saturated heterocycles. The zero-order chi connectivity index (χ0) is 12.5. The summed E-state index contributed by atoms with van der Waals surface area (Å²) in [4.78, 5) is 0. The Morgan fingerprint density at radius 1 is 1.18 bits per heavy atom. The monoisotopic (exact) mass is 274 g/mol. The lowest BCUT2D eigenvalue weighted by Gasteiger charge is -2.42. The summed E-state index contributed by atoms with van der Waals surface area (Å²) in [6.07, 6.45) is 7.95. The van der Waals surface area contributed by atoms with Crippen LogP contribution < -0.4 is 0 Å². The van der Waals surface area contributed by atoms with Crippen molar-refractivity contribution >= 4 is 21.4 Å². The molecule has 3 atom stereocenters. The Bertz CT molecular complexity index is 494. The van der Waals surface area contributed by atoms with Crippen molar-refractivity contribution in [3.8, 4) is 0 Å². The lowest BCUT2D eigenvalue weighted by atomic mass is 9.62. The summed E-state index contributed by atoms with van der Waals surface area (Å²) in [5, 5.41) is 0. The topological polar surface area (TPSA) is 34.1 Å². The average Bonchev–Trinajstić information content (AvgIpc) is 2.50. The van der Waals surface area contributed by atoms with Crippen molar-refractivity contribution in [2.75, 3.05) is 5.75 Å². The third kappa shape index (κ3) is 1.36. The van der Waals surface area contributed by atoms with Gasteiger partial charge in [-0.25, -0.2) is 8.42 Å². The molecule has 1 aliphatic heterocycles. The smallest absolute Gasteiger partial charge is 0.168 e. The predicted octanol–water partition coefficient (Wildman–Crippen LogP) is 3.12. The van der Waals surface area contributed by atoms with Crippen molar-refractivity contribution in [1.29, 1.82) is 0 Å². The van der Waals surface area contributed by atoms with Gasteiger partial charge < -0.3 is 0 Å². The number of rotatable bonds is 0. The van der Waals surface area contributed by atoms with E-state index < -0.39 is 14.5 Å². The second-order valence-corrected chi connectivity index (χ2v) is 9.74. The Labute approximate surface area is 108 Å². The third-order valence-corrected chi connectivity index (χ3v) is 8.32. The summed E-state index contributed by atoms with van der Waals surface area (Å²) in [5.41, 5.74) is -0.0722. The van der Waals surface area contributed by atoms with Gasteiger partial charge in [0.05, 0.1) is 5.75 Å². The molecule has 17 heavy (non-hydrogen) atoms. The van der Waals surface area contributed by atoms with Crippen molar-refractivity contribution in [3.63, 3.8) is 0 Å². The van der Waals surface area contributed by atoms with Gasteiger partial charge in [-0.15, -0.1) is 11.6 Å². The fraction of sp³-hybridized carbons (Fsp3) is 0.846. The minimum atomic E-state index is -3.11. The van der Waals surface area contributed by atoms with Crippen molar-refractivity contribution in [1.82, 2.24) is 0 Å². The largest absolute Gasteiger partial charge is 0.227 e. The Kier molecular flexibility index (Phi) is 2.20. The zero-order valence-corrected chi connectivity index (χ0v) is 11.9. The van der Waals surface area contributed by atoms with E-state index in [1.807, 2.05) is 0 Å². The van der Waals surface area contributed by atoms with Gasteiger partial charge in [-0.3, -0.25) is 0 Å². The quantitative estimate of drug-likeness (QED) is 0.502. The lowest BCUT2D eigenvalue weighted by Crippen LogP contribution is -2.40. The first-order chi connectivity index (χ1) is 7.73. The fourth-order valence-electron chi connectivity index (χ4n) is 4.83. The molecule has 0 aromatic heterocycles. The van der Waals surface area contributed by atoms with Crippen molar-refractivity contribution in [2.24, 2.45) is 16.2 Å². The molecule has 1 saturated carbocycles. The van der Waals surface area contributed by atoms with Crippen LogP contribution in [0.4, 0.5) is 0 Å². The molecule has 0 aromatic carbocycles. The summed E-state index contributed by atoms with van der Waals surface area (Å²) in [6.45, 7) is 4.49. The highest BCUT2D eigenvalue weighted by Gasteiger charge is 2.71. The van der Waals surface area contributed by atoms with Crippen LogP contribution in [-0.2, 0) is 9.84 Å². The summed E-state index contributed by atoms with van der Waals surface area (Å²) in [7, 11) is -3.11. The average molecular weight is 275 g/mol. The maximum Gasteiger partial charge on any atom is 0.168 e. The molecule has 3 aliphatic rings. The molecule has 96 valence electrons. The van der Waals surface area contributed by atoms with Gasteiger partial charge in [0, 0.05) is 5.41 Å². The first kappa shape index (κ1) is 12.0. The van der Waals surface area contributed by atoms with Gasteiger partial charge in [-0.1, -0.05) is 26.0 Å². The van der Waals surface area contributed by atoms with E-state index in [4.69, 9.17) is 11.6 Å². The molecular weight excluding hydrogens is 256 g/mol. The molecule has 2 fully saturated rings. The van der Waals surface area contributed by atoms with E-state index in [2.05, 4.69) is 26.0 Å². The van der Waals surface area contributed by atoms with Crippen LogP contribution >= 0.6 is 11.6 Å². The van der Waals surface area contributed by atoms with E-state index >= 15 is 0 Å². The molecule has 4 heteroatoms. The van der Waals surface area contributed by atoms with Crippen LogP contribution in [0.2, 0.25) is 0 Å². The highest BCUT2D eigenvalue weighted by atomic mass is 35.5. The van der Waals surface area contributed by atoms with Crippen LogP contribution in [0.1, 0.15) is 39.5 Å². The van der Waals surface area contributed by atoms with Crippen molar-refractivity contribution in [3.05, 3.63) is 12.2 Å². The number of alkyl halides is 1. The van der Waals surface area contributed by atoms with Gasteiger partial charge >= 0.3 is 0 Å². The van der Waals surface area contributed by atoms with Gasteiger partial charge in [-0.2, -0.15) is 0 Å². The second-order valence-electron chi connectivity index (χ2n) is 6.96. The van der Waals surface area contributed by atoms with Crippen LogP contribution in [0, 0.1) is 16.2 Å². The van der Waals surface area contributed by atoms with Gasteiger partial charge in [0.25, 0.3) is 0 Å². The van der Waals surface area contributed by atoms with E-state index in [9.17, 15) is 8.42 Å². The maximum absolute atomic E-state index is 12.2. The molecule has 3 rings (SSSR count). The van der Waals surface area contributed by atoms with E-state index in [0.717, 1.165) is 25.7 Å². The SMILES string of the molecule is CC1(C)C[C@@]23CC=CC[C@@]2(C1)[C@H](Cl)S(=O)(=O)C3. The molecule has 0 aromatic rings. The summed E-state index contributed by atoms with van der Waals surface area (Å²) >= 11 is 6.37. The van der Waals surface area contributed by atoms with Crippen LogP contribution in [0.5, 0.6) is 0 Å². The first-order valence-corrected chi connectivity index (χ1v) is 8.39. The molecule has 0 unspecified atom stereocenters. The minimum Gasteiger partial charge on any atom is -0.227 e. The van der Waals surface area contributed by atoms with Gasteiger partial charge in [0.2, 0.25) is 0 Å². The first-order valence-electron chi connectivity index (χ1n) is 6.24. The molecule has 1 heterocycles. The highest BCUT2D eigenvalue weighted by molar-refractivity contribution is 7.93.